The fourth-order valence-corrected chi connectivity index (χ4v) is 2.72. The molecular weight excluding hydrogens is 338 g/mol. The number of morpholine rings is 1. The molecule has 0 atom stereocenters. The Morgan fingerprint density at radius 3 is 2.58 bits per heavy atom. The highest BCUT2D eigenvalue weighted by molar-refractivity contribution is 6.31. The summed E-state index contributed by atoms with van der Waals surface area (Å²) in [5.41, 5.74) is 1.01. The standard InChI is InChI=1S/C17H15ClF2N2O2/c18-11-1-4-16(22-5-7-24-8-6-22)15(9-11)21-17(23)13-3-2-12(19)10-14(13)20/h1-4,9-10H,5-8H2,(H,21,23). The van der Waals surface area contributed by atoms with Crippen LogP contribution in [0.2, 0.25) is 5.02 Å². The van der Waals surface area contributed by atoms with Crippen molar-refractivity contribution in [2.75, 3.05) is 36.5 Å². The number of carbonyl (C=O) groups excluding carboxylic acids is 1. The topological polar surface area (TPSA) is 41.6 Å². The number of halogens is 3. The second kappa shape index (κ2) is 7.15. The molecule has 2 aromatic carbocycles. The third-order valence-electron chi connectivity index (χ3n) is 3.73. The van der Waals surface area contributed by atoms with E-state index in [0.29, 0.717) is 43.1 Å². The number of carbonyl (C=O) groups is 1. The SMILES string of the molecule is O=C(Nc1cc(Cl)ccc1N1CCOCC1)c1ccc(F)cc1F. The first-order valence-electron chi connectivity index (χ1n) is 7.43. The number of hydrogen-bond acceptors (Lipinski definition) is 3. The van der Waals surface area contributed by atoms with Crippen LogP contribution in [0.15, 0.2) is 36.4 Å². The number of ether oxygens (including phenoxy) is 1. The number of hydrogen-bond donors (Lipinski definition) is 1. The van der Waals surface area contributed by atoms with Crippen molar-refractivity contribution in [2.24, 2.45) is 0 Å². The predicted octanol–water partition coefficient (Wildman–Crippen LogP) is 3.71. The van der Waals surface area contributed by atoms with E-state index in [9.17, 15) is 13.6 Å². The van der Waals surface area contributed by atoms with Gasteiger partial charge in [-0.2, -0.15) is 0 Å². The summed E-state index contributed by atoms with van der Waals surface area (Å²) < 4.78 is 32.1. The lowest BCUT2D eigenvalue weighted by Gasteiger charge is -2.30. The number of rotatable bonds is 3. The fourth-order valence-electron chi connectivity index (χ4n) is 2.55. The minimum Gasteiger partial charge on any atom is -0.378 e. The molecule has 0 spiro atoms. The molecule has 1 fully saturated rings. The van der Waals surface area contributed by atoms with Crippen LogP contribution in [0.1, 0.15) is 10.4 Å². The maximum Gasteiger partial charge on any atom is 0.258 e. The summed E-state index contributed by atoms with van der Waals surface area (Å²) in [4.78, 5) is 14.4. The molecule has 1 aliphatic rings. The summed E-state index contributed by atoms with van der Waals surface area (Å²) in [5, 5.41) is 3.10. The van der Waals surface area contributed by atoms with Gasteiger partial charge in [-0.3, -0.25) is 4.79 Å². The number of benzene rings is 2. The molecule has 1 N–H and O–H groups in total. The monoisotopic (exact) mass is 352 g/mol. The normalized spacial score (nSPS) is 14.5. The molecule has 24 heavy (non-hydrogen) atoms. The van der Waals surface area contributed by atoms with Crippen LogP contribution in [0, 0.1) is 11.6 Å². The molecule has 0 unspecified atom stereocenters. The third-order valence-corrected chi connectivity index (χ3v) is 3.97. The summed E-state index contributed by atoms with van der Waals surface area (Å²) in [6.45, 7) is 2.52. The van der Waals surface area contributed by atoms with Crippen molar-refractivity contribution >= 4 is 28.9 Å². The van der Waals surface area contributed by atoms with Crippen LogP contribution in [0.25, 0.3) is 0 Å². The van der Waals surface area contributed by atoms with Gasteiger partial charge < -0.3 is 15.0 Å². The van der Waals surface area contributed by atoms with Gasteiger partial charge in [0.05, 0.1) is 30.2 Å². The Bertz CT molecular complexity index is 764. The maximum atomic E-state index is 13.8. The van der Waals surface area contributed by atoms with Gasteiger partial charge in [-0.1, -0.05) is 11.6 Å². The molecule has 4 nitrogen and oxygen atoms in total. The molecule has 7 heteroatoms. The van der Waals surface area contributed by atoms with Crippen LogP contribution in [0.5, 0.6) is 0 Å². The molecule has 0 saturated carbocycles. The minimum atomic E-state index is -0.914. The maximum absolute atomic E-state index is 13.8. The van der Waals surface area contributed by atoms with Crippen LogP contribution < -0.4 is 10.2 Å². The zero-order valence-electron chi connectivity index (χ0n) is 12.7. The summed E-state index contributed by atoms with van der Waals surface area (Å²) in [7, 11) is 0. The first kappa shape index (κ1) is 16.7. The van der Waals surface area contributed by atoms with Gasteiger partial charge in [0.1, 0.15) is 11.6 Å². The molecule has 3 rings (SSSR count). The third kappa shape index (κ3) is 3.66. The van der Waals surface area contributed by atoms with Gasteiger partial charge >= 0.3 is 0 Å². The predicted molar refractivity (Wildman–Crippen MR) is 88.8 cm³/mol. The Labute approximate surface area is 143 Å². The average Bonchev–Trinajstić information content (AvgIpc) is 2.55. The van der Waals surface area contributed by atoms with Crippen LogP contribution in [-0.4, -0.2) is 32.2 Å². The van der Waals surface area contributed by atoms with Crippen LogP contribution in [0.3, 0.4) is 0 Å². The highest BCUT2D eigenvalue weighted by atomic mass is 35.5. The van der Waals surface area contributed by atoms with E-state index in [1.807, 2.05) is 0 Å². The van der Waals surface area contributed by atoms with Gasteiger partial charge in [0, 0.05) is 24.2 Å². The quantitative estimate of drug-likeness (QED) is 0.915. The smallest absolute Gasteiger partial charge is 0.258 e. The van der Waals surface area contributed by atoms with E-state index < -0.39 is 17.5 Å². The van der Waals surface area contributed by atoms with Crippen molar-refractivity contribution < 1.29 is 18.3 Å². The number of nitrogens with one attached hydrogen (secondary N) is 1. The molecule has 0 bridgehead atoms. The van der Waals surface area contributed by atoms with E-state index in [1.165, 1.54) is 0 Å². The van der Waals surface area contributed by atoms with Crippen LogP contribution >= 0.6 is 11.6 Å². The second-order valence-corrected chi connectivity index (χ2v) is 5.78. The van der Waals surface area contributed by atoms with Gasteiger partial charge in [0.25, 0.3) is 5.91 Å². The summed E-state index contributed by atoms with van der Waals surface area (Å²) >= 11 is 6.02. The van der Waals surface area contributed by atoms with E-state index in [-0.39, 0.29) is 5.56 Å². The van der Waals surface area contributed by atoms with Gasteiger partial charge in [0.2, 0.25) is 0 Å². The number of nitrogens with zero attached hydrogens (tertiary/aromatic N) is 1. The molecule has 126 valence electrons. The van der Waals surface area contributed by atoms with Crippen molar-refractivity contribution in [3.8, 4) is 0 Å². The Morgan fingerprint density at radius 2 is 1.88 bits per heavy atom. The molecule has 0 aromatic heterocycles. The summed E-state index contributed by atoms with van der Waals surface area (Å²) in [6.07, 6.45) is 0. The van der Waals surface area contributed by atoms with Gasteiger partial charge in [-0.25, -0.2) is 8.78 Å². The Kier molecular flexibility index (Phi) is 4.97. The molecule has 2 aromatic rings. The largest absolute Gasteiger partial charge is 0.378 e. The van der Waals surface area contributed by atoms with E-state index in [2.05, 4.69) is 10.2 Å². The highest BCUT2D eigenvalue weighted by Crippen LogP contribution is 2.30. The van der Waals surface area contributed by atoms with Gasteiger partial charge in [-0.15, -0.1) is 0 Å². The number of anilines is 2. The molecule has 1 aliphatic heterocycles. The van der Waals surface area contributed by atoms with Crippen molar-refractivity contribution in [2.45, 2.75) is 0 Å². The average molecular weight is 353 g/mol. The molecule has 1 amide bonds. The van der Waals surface area contributed by atoms with Crippen molar-refractivity contribution in [3.63, 3.8) is 0 Å². The molecule has 1 saturated heterocycles. The fraction of sp³-hybridized carbons (Fsp3) is 0.235. The molecular formula is C17H15ClF2N2O2. The Hall–Kier alpha value is -2.18. The minimum absolute atomic E-state index is 0.232. The molecule has 0 radical (unpaired) electrons. The lowest BCUT2D eigenvalue weighted by atomic mass is 10.1. The van der Waals surface area contributed by atoms with E-state index >= 15 is 0 Å². The molecule has 0 aliphatic carbocycles. The van der Waals surface area contributed by atoms with E-state index in [1.54, 1.807) is 18.2 Å². The van der Waals surface area contributed by atoms with Crippen molar-refractivity contribution in [1.82, 2.24) is 0 Å². The highest BCUT2D eigenvalue weighted by Gasteiger charge is 2.18. The second-order valence-electron chi connectivity index (χ2n) is 5.34. The van der Waals surface area contributed by atoms with E-state index in [4.69, 9.17) is 16.3 Å². The van der Waals surface area contributed by atoms with Crippen LogP contribution in [-0.2, 0) is 4.74 Å². The van der Waals surface area contributed by atoms with E-state index in [0.717, 1.165) is 17.8 Å². The van der Waals surface area contributed by atoms with Crippen molar-refractivity contribution in [1.29, 1.82) is 0 Å². The number of amides is 1. The Morgan fingerprint density at radius 1 is 1.12 bits per heavy atom. The Balaban J connectivity index is 1.88. The summed E-state index contributed by atoms with van der Waals surface area (Å²) in [6, 6.07) is 7.95. The first-order chi connectivity index (χ1) is 11.5. The van der Waals surface area contributed by atoms with Gasteiger partial charge in [-0.05, 0) is 30.3 Å². The first-order valence-corrected chi connectivity index (χ1v) is 7.81. The zero-order valence-corrected chi connectivity index (χ0v) is 13.4. The van der Waals surface area contributed by atoms with Crippen LogP contribution in [0.4, 0.5) is 20.2 Å². The lowest BCUT2D eigenvalue weighted by molar-refractivity contribution is 0.102. The lowest BCUT2D eigenvalue weighted by Crippen LogP contribution is -2.36. The van der Waals surface area contributed by atoms with Gasteiger partial charge in [0.15, 0.2) is 0 Å². The zero-order chi connectivity index (χ0) is 17.1. The summed E-state index contributed by atoms with van der Waals surface area (Å²) in [5.74, 6) is -2.31. The van der Waals surface area contributed by atoms with Crippen molar-refractivity contribution in [3.05, 3.63) is 58.6 Å². The molecule has 1 heterocycles.